The SMILES string of the molecule is [C-]#[N+]c1ccc2c3ccccc3n(-c3cccc(-c4cc(-n5c6ccccc6c6ccc(-n7c8ccccc8c8ccccc87)cc65)ccc4[N+]#[C-])c3)c2c1. The maximum absolute atomic E-state index is 8.22. The van der Waals surface area contributed by atoms with Crippen molar-refractivity contribution < 1.29 is 0 Å². The van der Waals surface area contributed by atoms with Crippen molar-refractivity contribution >= 4 is 76.8 Å². The van der Waals surface area contributed by atoms with Gasteiger partial charge in [-0.25, -0.2) is 9.69 Å². The smallest absolute Gasteiger partial charge is 0.195 e. The van der Waals surface area contributed by atoms with Crippen LogP contribution < -0.4 is 0 Å². The molecule has 0 spiro atoms. The van der Waals surface area contributed by atoms with Crippen molar-refractivity contribution in [1.82, 2.24) is 13.7 Å². The lowest BCUT2D eigenvalue weighted by atomic mass is 10.0. The van der Waals surface area contributed by atoms with E-state index in [1.54, 1.807) is 0 Å². The van der Waals surface area contributed by atoms with E-state index in [0.717, 1.165) is 61.0 Å². The predicted molar refractivity (Wildman–Crippen MR) is 227 cm³/mol. The van der Waals surface area contributed by atoms with Gasteiger partial charge in [0.15, 0.2) is 11.4 Å². The molecular formula is C50H29N5. The number of rotatable bonds is 4. The summed E-state index contributed by atoms with van der Waals surface area (Å²) in [4.78, 5) is 7.75. The third-order valence-electron chi connectivity index (χ3n) is 11.1. The first-order chi connectivity index (χ1) is 27.2. The monoisotopic (exact) mass is 699 g/mol. The van der Waals surface area contributed by atoms with Gasteiger partial charge in [-0.05, 0) is 77.9 Å². The fourth-order valence-corrected chi connectivity index (χ4v) is 8.69. The molecule has 0 aliphatic carbocycles. The summed E-state index contributed by atoms with van der Waals surface area (Å²) >= 11 is 0. The number of aromatic nitrogens is 3. The highest BCUT2D eigenvalue weighted by molar-refractivity contribution is 6.13. The van der Waals surface area contributed by atoms with Crippen LogP contribution in [0.25, 0.3) is 103 Å². The third-order valence-corrected chi connectivity index (χ3v) is 11.1. The molecule has 0 radical (unpaired) electrons. The Labute approximate surface area is 316 Å². The van der Waals surface area contributed by atoms with E-state index in [1.807, 2.05) is 24.3 Å². The van der Waals surface area contributed by atoms with Crippen LogP contribution in [0.2, 0.25) is 0 Å². The molecule has 0 fully saturated rings. The minimum Gasteiger partial charge on any atom is -0.310 e. The molecule has 11 aromatic rings. The van der Waals surface area contributed by atoms with Crippen molar-refractivity contribution in [2.24, 2.45) is 0 Å². The molecule has 3 heterocycles. The fraction of sp³-hybridized carbons (Fsp3) is 0. The molecule has 5 nitrogen and oxygen atoms in total. The first-order valence-electron chi connectivity index (χ1n) is 18.3. The van der Waals surface area contributed by atoms with Crippen LogP contribution in [0.5, 0.6) is 0 Å². The lowest BCUT2D eigenvalue weighted by Crippen LogP contribution is -1.98. The van der Waals surface area contributed by atoms with Crippen LogP contribution in [-0.2, 0) is 0 Å². The summed E-state index contributed by atoms with van der Waals surface area (Å²) < 4.78 is 6.93. The van der Waals surface area contributed by atoms with Gasteiger partial charge >= 0.3 is 0 Å². The second-order valence-electron chi connectivity index (χ2n) is 14.0. The molecule has 55 heavy (non-hydrogen) atoms. The molecule has 8 aromatic carbocycles. The number of hydrogen-bond donors (Lipinski definition) is 0. The van der Waals surface area contributed by atoms with Gasteiger partial charge in [-0.1, -0.05) is 109 Å². The second-order valence-corrected chi connectivity index (χ2v) is 14.0. The van der Waals surface area contributed by atoms with E-state index in [4.69, 9.17) is 13.1 Å². The Morgan fingerprint density at radius 2 is 0.782 bits per heavy atom. The van der Waals surface area contributed by atoms with Crippen molar-refractivity contribution in [1.29, 1.82) is 0 Å². The highest BCUT2D eigenvalue weighted by Crippen LogP contribution is 2.41. The fourth-order valence-electron chi connectivity index (χ4n) is 8.69. The van der Waals surface area contributed by atoms with Crippen molar-refractivity contribution in [3.8, 4) is 28.2 Å². The standard InChI is InChI=1S/C50H29N5/c1-51-33-22-25-41-39-16-5-9-20-47(39)54(49(41)29-33)34-13-11-12-32(28-34)43-30-35(24-27-44(43)52-2)55-48-21-10-6-17-40(48)42-26-23-36(31-50(42)55)53-45-18-7-3-14-37(45)38-15-4-8-19-46(38)53/h3-31H. The molecule has 0 amide bonds. The quantitative estimate of drug-likeness (QED) is 0.163. The molecule has 0 saturated carbocycles. The molecule has 0 saturated heterocycles. The van der Waals surface area contributed by atoms with E-state index >= 15 is 0 Å². The summed E-state index contributed by atoms with van der Waals surface area (Å²) in [5.74, 6) is 0. The molecule has 0 unspecified atom stereocenters. The van der Waals surface area contributed by atoms with Crippen LogP contribution in [0.15, 0.2) is 176 Å². The minimum atomic E-state index is 0.588. The van der Waals surface area contributed by atoms with E-state index in [1.165, 1.54) is 32.6 Å². The Hall–Kier alpha value is -7.86. The second kappa shape index (κ2) is 11.8. The molecule has 0 aliphatic heterocycles. The minimum absolute atomic E-state index is 0.588. The van der Waals surface area contributed by atoms with Crippen molar-refractivity contribution in [3.63, 3.8) is 0 Å². The molecule has 11 rings (SSSR count). The Morgan fingerprint density at radius 3 is 1.35 bits per heavy atom. The van der Waals surface area contributed by atoms with E-state index in [-0.39, 0.29) is 0 Å². The van der Waals surface area contributed by atoms with Crippen LogP contribution in [0, 0.1) is 13.1 Å². The van der Waals surface area contributed by atoms with Gasteiger partial charge in [0.25, 0.3) is 0 Å². The van der Waals surface area contributed by atoms with Crippen LogP contribution >= 0.6 is 0 Å². The van der Waals surface area contributed by atoms with Gasteiger partial charge in [0, 0.05) is 54.9 Å². The van der Waals surface area contributed by atoms with Gasteiger partial charge in [-0.2, -0.15) is 0 Å². The Morgan fingerprint density at radius 1 is 0.327 bits per heavy atom. The number of para-hydroxylation sites is 4. The third kappa shape index (κ3) is 4.51. The zero-order chi connectivity index (χ0) is 36.6. The van der Waals surface area contributed by atoms with Crippen LogP contribution in [-0.4, -0.2) is 13.7 Å². The van der Waals surface area contributed by atoms with Crippen molar-refractivity contribution in [2.75, 3.05) is 0 Å². The maximum Gasteiger partial charge on any atom is 0.195 e. The molecular weight excluding hydrogens is 671 g/mol. The highest BCUT2D eigenvalue weighted by Gasteiger charge is 2.19. The van der Waals surface area contributed by atoms with Gasteiger partial charge < -0.3 is 13.7 Å². The Kier molecular flexibility index (Phi) is 6.61. The van der Waals surface area contributed by atoms with Crippen LogP contribution in [0.4, 0.5) is 11.4 Å². The summed E-state index contributed by atoms with van der Waals surface area (Å²) in [6, 6.07) is 61.4. The van der Waals surface area contributed by atoms with Crippen LogP contribution in [0.3, 0.4) is 0 Å². The average Bonchev–Trinajstić information content (AvgIpc) is 3.88. The summed E-state index contributed by atoms with van der Waals surface area (Å²) in [6.07, 6.45) is 0. The predicted octanol–water partition coefficient (Wildman–Crippen LogP) is 13.7. The maximum atomic E-state index is 8.22. The largest absolute Gasteiger partial charge is 0.310 e. The molecule has 254 valence electrons. The Balaban J connectivity index is 1.13. The van der Waals surface area contributed by atoms with E-state index in [2.05, 4.69) is 175 Å². The first kappa shape index (κ1) is 30.7. The zero-order valence-corrected chi connectivity index (χ0v) is 29.5. The van der Waals surface area contributed by atoms with Crippen LogP contribution in [0.1, 0.15) is 0 Å². The highest BCUT2D eigenvalue weighted by atomic mass is 15.0. The summed E-state index contributed by atoms with van der Waals surface area (Å²) in [5, 5.41) is 7.04. The van der Waals surface area contributed by atoms with Crippen molar-refractivity contribution in [2.45, 2.75) is 0 Å². The molecule has 0 aliphatic rings. The number of benzene rings is 8. The molecule has 0 bridgehead atoms. The summed E-state index contributed by atoms with van der Waals surface area (Å²) in [6.45, 7) is 15.9. The lowest BCUT2D eigenvalue weighted by molar-refractivity contribution is 1.15. The molecule has 3 aromatic heterocycles. The number of nitrogens with zero attached hydrogens (tertiary/aromatic N) is 5. The summed E-state index contributed by atoms with van der Waals surface area (Å²) in [7, 11) is 0. The average molecular weight is 700 g/mol. The molecule has 0 N–H and O–H groups in total. The zero-order valence-electron chi connectivity index (χ0n) is 29.5. The van der Waals surface area contributed by atoms with Gasteiger partial charge in [-0.15, -0.1) is 0 Å². The molecule has 0 atom stereocenters. The van der Waals surface area contributed by atoms with E-state index in [9.17, 15) is 0 Å². The Bertz CT molecular complexity index is 3420. The molecule has 5 heteroatoms. The number of hydrogen-bond acceptors (Lipinski definition) is 0. The lowest BCUT2D eigenvalue weighted by Gasteiger charge is -2.15. The van der Waals surface area contributed by atoms with Gasteiger partial charge in [0.05, 0.1) is 40.7 Å². The normalized spacial score (nSPS) is 11.6. The van der Waals surface area contributed by atoms with Gasteiger partial charge in [0.1, 0.15) is 0 Å². The van der Waals surface area contributed by atoms with Gasteiger partial charge in [0.2, 0.25) is 0 Å². The van der Waals surface area contributed by atoms with Gasteiger partial charge in [-0.3, -0.25) is 0 Å². The summed E-state index contributed by atoms with van der Waals surface area (Å²) in [5.41, 5.74) is 12.6. The number of fused-ring (bicyclic) bond motifs is 9. The van der Waals surface area contributed by atoms with Crippen molar-refractivity contribution in [3.05, 3.63) is 199 Å². The first-order valence-corrected chi connectivity index (χ1v) is 18.3. The van der Waals surface area contributed by atoms with E-state index < -0.39 is 0 Å². The van der Waals surface area contributed by atoms with E-state index in [0.29, 0.717) is 11.4 Å². The topological polar surface area (TPSA) is 23.5 Å².